The van der Waals surface area contributed by atoms with Crippen molar-refractivity contribution >= 4 is 5.69 Å². The van der Waals surface area contributed by atoms with E-state index >= 15 is 0 Å². The van der Waals surface area contributed by atoms with E-state index in [4.69, 9.17) is 5.11 Å². The van der Waals surface area contributed by atoms with Crippen LogP contribution in [0.15, 0.2) is 24.5 Å². The summed E-state index contributed by atoms with van der Waals surface area (Å²) in [6.07, 6.45) is 4.01. The number of aryl methyl sites for hydroxylation is 3. The van der Waals surface area contributed by atoms with Crippen molar-refractivity contribution in [1.82, 2.24) is 4.90 Å². The van der Waals surface area contributed by atoms with E-state index in [2.05, 4.69) is 37.8 Å². The van der Waals surface area contributed by atoms with E-state index in [1.165, 1.54) is 22.4 Å². The van der Waals surface area contributed by atoms with E-state index in [0.717, 1.165) is 0 Å². The molecule has 0 atom stereocenters. The molecule has 1 aliphatic rings. The predicted octanol–water partition coefficient (Wildman–Crippen LogP) is 2.32. The van der Waals surface area contributed by atoms with Crippen molar-refractivity contribution in [3.05, 3.63) is 47.9 Å². The zero-order chi connectivity index (χ0) is 12.4. The van der Waals surface area contributed by atoms with Crippen LogP contribution < -0.4 is 4.90 Å². The summed E-state index contributed by atoms with van der Waals surface area (Å²) in [6.45, 7) is 9.20. The van der Waals surface area contributed by atoms with Gasteiger partial charge in [-0.3, -0.25) is 0 Å². The Labute approximate surface area is 103 Å². The lowest BCUT2D eigenvalue weighted by Gasteiger charge is -2.23. The summed E-state index contributed by atoms with van der Waals surface area (Å²) in [7, 11) is 0. The lowest BCUT2D eigenvalue weighted by atomic mass is 10.0. The summed E-state index contributed by atoms with van der Waals surface area (Å²) >= 11 is 0. The van der Waals surface area contributed by atoms with E-state index in [0.29, 0.717) is 6.54 Å². The maximum absolute atomic E-state index is 8.91. The second-order valence-electron chi connectivity index (χ2n) is 4.53. The van der Waals surface area contributed by atoms with Gasteiger partial charge in [0.15, 0.2) is 0 Å². The Balaban J connectivity index is 2.22. The van der Waals surface area contributed by atoms with Gasteiger partial charge in [0.25, 0.3) is 0 Å². The Hall–Kier alpha value is -1.48. The molecule has 1 heterocycles. The lowest BCUT2D eigenvalue weighted by Crippen LogP contribution is -2.22. The minimum Gasteiger partial charge on any atom is -0.395 e. The van der Waals surface area contributed by atoms with Gasteiger partial charge in [0.1, 0.15) is 6.67 Å². The molecule has 0 aromatic heterocycles. The van der Waals surface area contributed by atoms with Gasteiger partial charge in [-0.1, -0.05) is 17.7 Å². The van der Waals surface area contributed by atoms with Crippen molar-refractivity contribution in [2.75, 3.05) is 18.1 Å². The molecule has 1 N–H and O–H groups in total. The number of hydrogen-bond acceptors (Lipinski definition) is 3. The summed E-state index contributed by atoms with van der Waals surface area (Å²) in [4.78, 5) is 4.10. The maximum atomic E-state index is 8.91. The first-order valence-electron chi connectivity index (χ1n) is 5.88. The van der Waals surface area contributed by atoms with Gasteiger partial charge in [0.05, 0.1) is 6.61 Å². The fraction of sp³-hybridized carbons (Fsp3) is 0.357. The van der Waals surface area contributed by atoms with Crippen LogP contribution in [-0.2, 0) is 0 Å². The number of nitrogens with zero attached hydrogens (tertiary/aromatic N) is 2. The Morgan fingerprint density at radius 2 is 1.71 bits per heavy atom. The van der Waals surface area contributed by atoms with Crippen LogP contribution >= 0.6 is 0 Å². The van der Waals surface area contributed by atoms with Crippen LogP contribution in [0.4, 0.5) is 5.69 Å². The molecule has 0 fully saturated rings. The zero-order valence-electron chi connectivity index (χ0n) is 10.6. The molecule has 0 saturated carbocycles. The highest BCUT2D eigenvalue weighted by Gasteiger charge is 2.17. The summed E-state index contributed by atoms with van der Waals surface area (Å²) in [5.41, 5.74) is 5.06. The zero-order valence-corrected chi connectivity index (χ0v) is 10.6. The van der Waals surface area contributed by atoms with Crippen LogP contribution in [0.5, 0.6) is 0 Å². The molecule has 0 spiro atoms. The molecular formula is C14H19N2O. The summed E-state index contributed by atoms with van der Waals surface area (Å²) in [6, 6.07) is 4.39. The number of aliphatic hydroxyl groups is 1. The quantitative estimate of drug-likeness (QED) is 0.864. The standard InChI is InChI=1S/C14H19N2O/c1-11-8-12(2)14(13(3)9-11)16-5-4-15(10-16)6-7-17/h4-5,8-10,17H,6-7H2,1-3H3. The fourth-order valence-electron chi connectivity index (χ4n) is 2.35. The van der Waals surface area contributed by atoms with Crippen molar-refractivity contribution in [1.29, 1.82) is 0 Å². The molecule has 0 bridgehead atoms. The van der Waals surface area contributed by atoms with Crippen LogP contribution in [0.2, 0.25) is 0 Å². The summed E-state index contributed by atoms with van der Waals surface area (Å²) < 4.78 is 0. The number of rotatable bonds is 3. The van der Waals surface area contributed by atoms with Gasteiger partial charge in [-0.25, -0.2) is 0 Å². The van der Waals surface area contributed by atoms with Crippen LogP contribution in [-0.4, -0.2) is 23.2 Å². The second-order valence-corrected chi connectivity index (χ2v) is 4.53. The van der Waals surface area contributed by atoms with Crippen LogP contribution in [0, 0.1) is 27.4 Å². The Bertz CT molecular complexity index is 417. The first kappa shape index (κ1) is 12.0. The van der Waals surface area contributed by atoms with Gasteiger partial charge in [-0.05, 0) is 31.9 Å². The molecule has 0 aliphatic carbocycles. The molecule has 3 heteroatoms. The maximum Gasteiger partial charge on any atom is 0.146 e. The smallest absolute Gasteiger partial charge is 0.146 e. The van der Waals surface area contributed by atoms with Crippen LogP contribution in [0.3, 0.4) is 0 Å². The van der Waals surface area contributed by atoms with Crippen molar-refractivity contribution in [2.45, 2.75) is 20.8 Å². The molecule has 17 heavy (non-hydrogen) atoms. The Morgan fingerprint density at radius 1 is 1.06 bits per heavy atom. The van der Waals surface area contributed by atoms with E-state index < -0.39 is 0 Å². The normalized spacial score (nSPS) is 14.8. The first-order valence-corrected chi connectivity index (χ1v) is 5.88. The molecule has 0 unspecified atom stereocenters. The monoisotopic (exact) mass is 231 g/mol. The average Bonchev–Trinajstić information content (AvgIpc) is 2.65. The van der Waals surface area contributed by atoms with Gasteiger partial charge < -0.3 is 14.9 Å². The van der Waals surface area contributed by atoms with Crippen LogP contribution in [0.25, 0.3) is 0 Å². The topological polar surface area (TPSA) is 26.7 Å². The number of aliphatic hydroxyl groups excluding tert-OH is 1. The molecule has 1 aliphatic heterocycles. The number of anilines is 1. The van der Waals surface area contributed by atoms with Crippen LogP contribution in [0.1, 0.15) is 16.7 Å². The molecule has 3 nitrogen and oxygen atoms in total. The molecule has 2 rings (SSSR count). The molecular weight excluding hydrogens is 212 g/mol. The minimum absolute atomic E-state index is 0.167. The van der Waals surface area contributed by atoms with E-state index in [1.54, 1.807) is 0 Å². The molecule has 1 aromatic rings. The molecule has 1 radical (unpaired) electrons. The summed E-state index contributed by atoms with van der Waals surface area (Å²) in [5, 5.41) is 8.91. The SMILES string of the molecule is Cc1cc(C)c(N2[CH]N(CCO)C=C2)c(C)c1. The average molecular weight is 231 g/mol. The molecule has 1 aromatic carbocycles. The number of β-amino-alcohol motifs (C(OH)–C–C–N with tert-alkyl or cyclic N) is 1. The van der Waals surface area contributed by atoms with E-state index in [9.17, 15) is 0 Å². The van der Waals surface area contributed by atoms with Gasteiger partial charge >= 0.3 is 0 Å². The second kappa shape index (κ2) is 4.80. The highest BCUT2D eigenvalue weighted by molar-refractivity contribution is 5.63. The third-order valence-corrected chi connectivity index (χ3v) is 2.94. The first-order chi connectivity index (χ1) is 8.11. The molecule has 0 saturated heterocycles. The number of hydrogen-bond donors (Lipinski definition) is 1. The van der Waals surface area contributed by atoms with Gasteiger partial charge in [-0.2, -0.15) is 0 Å². The lowest BCUT2D eigenvalue weighted by molar-refractivity contribution is 0.257. The highest BCUT2D eigenvalue weighted by atomic mass is 16.3. The van der Waals surface area contributed by atoms with Crippen molar-refractivity contribution in [3.8, 4) is 0 Å². The van der Waals surface area contributed by atoms with E-state index in [-0.39, 0.29) is 6.61 Å². The molecule has 0 amide bonds. The van der Waals surface area contributed by atoms with E-state index in [1.807, 2.05) is 24.0 Å². The van der Waals surface area contributed by atoms with Crippen molar-refractivity contribution < 1.29 is 5.11 Å². The Kier molecular flexibility index (Phi) is 3.38. The van der Waals surface area contributed by atoms with Crippen molar-refractivity contribution in [2.24, 2.45) is 0 Å². The van der Waals surface area contributed by atoms with Gasteiger partial charge in [0.2, 0.25) is 0 Å². The van der Waals surface area contributed by atoms with Crippen molar-refractivity contribution in [3.63, 3.8) is 0 Å². The van der Waals surface area contributed by atoms with Gasteiger partial charge in [-0.15, -0.1) is 0 Å². The third kappa shape index (κ3) is 2.44. The third-order valence-electron chi connectivity index (χ3n) is 2.94. The fourth-order valence-corrected chi connectivity index (χ4v) is 2.35. The summed E-state index contributed by atoms with van der Waals surface area (Å²) in [5.74, 6) is 0. The molecule has 91 valence electrons. The van der Waals surface area contributed by atoms with Gasteiger partial charge in [0, 0.05) is 24.6 Å². The number of benzene rings is 1. The Morgan fingerprint density at radius 3 is 2.29 bits per heavy atom. The minimum atomic E-state index is 0.167. The largest absolute Gasteiger partial charge is 0.395 e. The predicted molar refractivity (Wildman–Crippen MR) is 70.4 cm³/mol. The highest BCUT2D eigenvalue weighted by Crippen LogP contribution is 2.30.